The van der Waals surface area contributed by atoms with E-state index >= 15 is 0 Å². The summed E-state index contributed by atoms with van der Waals surface area (Å²) in [5.74, 6) is -2.08. The summed E-state index contributed by atoms with van der Waals surface area (Å²) in [4.78, 5) is 36.4. The van der Waals surface area contributed by atoms with Gasteiger partial charge in [0, 0.05) is 16.1 Å². The van der Waals surface area contributed by atoms with Crippen LogP contribution in [0.4, 0.5) is 5.69 Å². The van der Waals surface area contributed by atoms with Crippen molar-refractivity contribution in [1.29, 1.82) is 0 Å². The van der Waals surface area contributed by atoms with Crippen LogP contribution >= 0.6 is 31.9 Å². The second-order valence-electron chi connectivity index (χ2n) is 6.62. The van der Waals surface area contributed by atoms with E-state index in [1.54, 1.807) is 24.3 Å². The minimum Gasteiger partial charge on any atom is -0.461 e. The van der Waals surface area contributed by atoms with Gasteiger partial charge in [-0.15, -0.1) is 0 Å². The number of esters is 2. The molecule has 2 bridgehead atoms. The van der Waals surface area contributed by atoms with Gasteiger partial charge in [0.1, 0.15) is 6.10 Å². The molecule has 3 aliphatic rings. The van der Waals surface area contributed by atoms with E-state index in [0.717, 1.165) is 10.9 Å². The Hall–Kier alpha value is -1.41. The Morgan fingerprint density at radius 3 is 2.68 bits per heavy atom. The van der Waals surface area contributed by atoms with Gasteiger partial charge in [0.2, 0.25) is 0 Å². The van der Waals surface area contributed by atoms with Crippen molar-refractivity contribution < 1.29 is 23.9 Å². The molecule has 8 heteroatoms. The van der Waals surface area contributed by atoms with Gasteiger partial charge in [0.15, 0.2) is 6.61 Å². The third-order valence-corrected chi connectivity index (χ3v) is 7.00. The number of alkyl halides is 1. The molecule has 0 unspecified atom stereocenters. The lowest BCUT2D eigenvalue weighted by Gasteiger charge is -2.26. The fraction of sp³-hybridized carbons (Fsp3) is 0.471. The van der Waals surface area contributed by atoms with Gasteiger partial charge in [-0.1, -0.05) is 31.9 Å². The molecule has 1 aromatic rings. The van der Waals surface area contributed by atoms with E-state index in [1.807, 2.05) is 0 Å². The standard InChI is InChI=1S/C17H15Br2NO5/c18-7-1-3-8(4-2-7)20-11(21)6-24-16(22)12-9-5-10-13(12)17(23)25-15(10)14(9)19/h1-4,9-10,12-15H,5-6H2,(H,20,21)/t9-,10-,12-,13-,14-,15+/m1/s1. The van der Waals surface area contributed by atoms with Gasteiger partial charge in [-0.2, -0.15) is 0 Å². The van der Waals surface area contributed by atoms with Crippen LogP contribution in [0.25, 0.3) is 0 Å². The normalized spacial score (nSPS) is 34.7. The van der Waals surface area contributed by atoms with Crippen LogP contribution in [0.3, 0.4) is 0 Å². The van der Waals surface area contributed by atoms with Crippen molar-refractivity contribution in [2.45, 2.75) is 17.4 Å². The summed E-state index contributed by atoms with van der Waals surface area (Å²) in [5, 5.41) is 2.66. The second-order valence-corrected chi connectivity index (χ2v) is 8.60. The maximum atomic E-state index is 12.5. The fourth-order valence-electron chi connectivity index (χ4n) is 4.26. The second kappa shape index (κ2) is 6.39. The number of carbonyl (C=O) groups is 3. The lowest BCUT2D eigenvalue weighted by atomic mass is 9.80. The average molecular weight is 473 g/mol. The number of hydrogen-bond acceptors (Lipinski definition) is 5. The average Bonchev–Trinajstić information content (AvgIpc) is 3.19. The highest BCUT2D eigenvalue weighted by Crippen LogP contribution is 2.60. The van der Waals surface area contributed by atoms with Crippen LogP contribution < -0.4 is 5.32 Å². The molecule has 1 aliphatic heterocycles. The molecule has 2 aliphatic carbocycles. The zero-order valence-corrected chi connectivity index (χ0v) is 16.2. The summed E-state index contributed by atoms with van der Waals surface area (Å²) in [6, 6.07) is 7.08. The smallest absolute Gasteiger partial charge is 0.310 e. The van der Waals surface area contributed by atoms with Crippen LogP contribution in [-0.2, 0) is 23.9 Å². The Bertz CT molecular complexity index is 737. The number of benzene rings is 1. The summed E-state index contributed by atoms with van der Waals surface area (Å²) in [7, 11) is 0. The Morgan fingerprint density at radius 1 is 1.24 bits per heavy atom. The van der Waals surface area contributed by atoms with Gasteiger partial charge in [-0.3, -0.25) is 14.4 Å². The molecule has 1 amide bonds. The first-order chi connectivity index (χ1) is 12.0. The van der Waals surface area contributed by atoms with Crippen LogP contribution in [0, 0.1) is 23.7 Å². The highest BCUT2D eigenvalue weighted by Gasteiger charge is 2.68. The number of rotatable bonds is 4. The molecule has 3 fully saturated rings. The lowest BCUT2D eigenvalue weighted by molar-refractivity contribution is -0.157. The number of ether oxygens (including phenoxy) is 2. The molecule has 1 heterocycles. The van der Waals surface area contributed by atoms with Crippen molar-refractivity contribution in [3.8, 4) is 0 Å². The largest absolute Gasteiger partial charge is 0.461 e. The molecule has 0 aromatic heterocycles. The lowest BCUT2D eigenvalue weighted by Crippen LogP contribution is -2.39. The van der Waals surface area contributed by atoms with Crippen LogP contribution in [0.5, 0.6) is 0 Å². The van der Waals surface area contributed by atoms with Crippen molar-refractivity contribution in [2.24, 2.45) is 23.7 Å². The summed E-state index contributed by atoms with van der Waals surface area (Å²) in [6.45, 7) is -0.374. The molecule has 4 rings (SSSR count). The Labute approximate surface area is 160 Å². The Morgan fingerprint density at radius 2 is 1.96 bits per heavy atom. The maximum absolute atomic E-state index is 12.5. The molecule has 132 valence electrons. The summed E-state index contributed by atoms with van der Waals surface area (Å²) in [6.07, 6.45) is 0.647. The maximum Gasteiger partial charge on any atom is 0.310 e. The van der Waals surface area contributed by atoms with Gasteiger partial charge in [-0.05, 0) is 36.6 Å². The van der Waals surface area contributed by atoms with Gasteiger partial charge >= 0.3 is 11.9 Å². The Balaban J connectivity index is 1.35. The molecule has 0 spiro atoms. The van der Waals surface area contributed by atoms with Crippen LogP contribution in [0.1, 0.15) is 6.42 Å². The highest BCUT2D eigenvalue weighted by atomic mass is 79.9. The van der Waals surface area contributed by atoms with Crippen molar-refractivity contribution in [3.63, 3.8) is 0 Å². The van der Waals surface area contributed by atoms with Crippen molar-refractivity contribution in [3.05, 3.63) is 28.7 Å². The van der Waals surface area contributed by atoms with E-state index in [-0.39, 0.29) is 35.3 Å². The number of carbonyl (C=O) groups excluding carboxylic acids is 3. The molecular formula is C17H15Br2NO5. The van der Waals surface area contributed by atoms with E-state index < -0.39 is 23.7 Å². The van der Waals surface area contributed by atoms with E-state index in [2.05, 4.69) is 37.2 Å². The predicted octanol–water partition coefficient (Wildman–Crippen LogP) is 2.50. The van der Waals surface area contributed by atoms with Gasteiger partial charge in [0.25, 0.3) is 5.91 Å². The topological polar surface area (TPSA) is 81.7 Å². The van der Waals surface area contributed by atoms with Crippen molar-refractivity contribution in [2.75, 3.05) is 11.9 Å². The van der Waals surface area contributed by atoms with E-state index in [9.17, 15) is 14.4 Å². The van der Waals surface area contributed by atoms with Crippen LogP contribution in [0.2, 0.25) is 0 Å². The first-order valence-electron chi connectivity index (χ1n) is 8.02. The molecule has 25 heavy (non-hydrogen) atoms. The number of halogens is 2. The van der Waals surface area contributed by atoms with E-state index in [1.165, 1.54) is 0 Å². The van der Waals surface area contributed by atoms with Crippen LogP contribution in [0.15, 0.2) is 28.7 Å². The molecule has 1 aromatic carbocycles. The first kappa shape index (κ1) is 17.0. The highest BCUT2D eigenvalue weighted by molar-refractivity contribution is 9.10. The molecule has 6 nitrogen and oxygen atoms in total. The van der Waals surface area contributed by atoms with E-state index in [0.29, 0.717) is 5.69 Å². The van der Waals surface area contributed by atoms with Gasteiger partial charge in [0.05, 0.1) is 16.7 Å². The molecular weight excluding hydrogens is 458 g/mol. The third kappa shape index (κ3) is 2.89. The first-order valence-corrected chi connectivity index (χ1v) is 9.73. The van der Waals surface area contributed by atoms with Gasteiger partial charge in [-0.25, -0.2) is 0 Å². The number of nitrogens with one attached hydrogen (secondary N) is 1. The molecule has 1 saturated heterocycles. The summed E-state index contributed by atoms with van der Waals surface area (Å²) >= 11 is 6.86. The van der Waals surface area contributed by atoms with E-state index in [4.69, 9.17) is 9.47 Å². The summed E-state index contributed by atoms with van der Waals surface area (Å²) < 4.78 is 11.5. The summed E-state index contributed by atoms with van der Waals surface area (Å²) in [5.41, 5.74) is 0.618. The minimum absolute atomic E-state index is 0.0191. The number of hydrogen-bond donors (Lipinski definition) is 1. The fourth-order valence-corrected chi connectivity index (χ4v) is 5.57. The van der Waals surface area contributed by atoms with Crippen molar-refractivity contribution in [1.82, 2.24) is 0 Å². The zero-order valence-electron chi connectivity index (χ0n) is 13.0. The van der Waals surface area contributed by atoms with Crippen LogP contribution in [-0.4, -0.2) is 35.4 Å². The molecule has 6 atom stereocenters. The van der Waals surface area contributed by atoms with Crippen molar-refractivity contribution >= 4 is 55.4 Å². The number of amides is 1. The zero-order chi connectivity index (χ0) is 17.7. The monoisotopic (exact) mass is 471 g/mol. The Kier molecular flexibility index (Phi) is 4.35. The molecule has 0 radical (unpaired) electrons. The molecule has 2 saturated carbocycles. The predicted molar refractivity (Wildman–Crippen MR) is 94.9 cm³/mol. The number of fused-ring (bicyclic) bond motifs is 1. The minimum atomic E-state index is -0.527. The quantitative estimate of drug-likeness (QED) is 0.537. The number of anilines is 1. The SMILES string of the molecule is O=C(COC(=O)[C@@H]1[C@H]2C[C@H]3[C@H](OC(=O)[C@H]31)[C@@H]2Br)Nc1ccc(Br)cc1. The molecule has 1 N–H and O–H groups in total. The third-order valence-electron chi connectivity index (χ3n) is 5.27. The van der Waals surface area contributed by atoms with Gasteiger partial charge < -0.3 is 14.8 Å².